The molecule has 1 atom stereocenters. The van der Waals surface area contributed by atoms with Gasteiger partial charge in [0.25, 0.3) is 0 Å². The van der Waals surface area contributed by atoms with E-state index in [2.05, 4.69) is 10.1 Å². The number of hydrogen-bond acceptors (Lipinski definition) is 3. The van der Waals surface area contributed by atoms with E-state index in [-0.39, 0.29) is 11.9 Å². The summed E-state index contributed by atoms with van der Waals surface area (Å²) < 4.78 is 4.49. The molecule has 4 heteroatoms. The summed E-state index contributed by atoms with van der Waals surface area (Å²) in [6.45, 7) is 0.704. The maximum absolute atomic E-state index is 10.7. The number of ether oxygens (including phenoxy) is 1. The van der Waals surface area contributed by atoms with E-state index in [4.69, 9.17) is 0 Å². The second-order valence-electron chi connectivity index (χ2n) is 2.99. The summed E-state index contributed by atoms with van der Waals surface area (Å²) in [5.74, 6) is 0.204. The van der Waals surface area contributed by atoms with Gasteiger partial charge in [0.15, 0.2) is 0 Å². The van der Waals surface area contributed by atoms with Crippen molar-refractivity contribution in [3.63, 3.8) is 0 Å². The van der Waals surface area contributed by atoms with E-state index in [9.17, 15) is 9.59 Å². The summed E-state index contributed by atoms with van der Waals surface area (Å²) >= 11 is 0. The summed E-state index contributed by atoms with van der Waals surface area (Å²) in [6.07, 6.45) is 1.71. The van der Waals surface area contributed by atoms with E-state index in [0.717, 1.165) is 6.42 Å². The van der Waals surface area contributed by atoms with Crippen LogP contribution in [0.5, 0.6) is 0 Å². The molecule has 0 spiro atoms. The summed E-state index contributed by atoms with van der Waals surface area (Å²) in [7, 11) is 1.38. The van der Waals surface area contributed by atoms with Crippen LogP contribution in [0.1, 0.15) is 19.3 Å². The average molecular weight is 171 g/mol. The van der Waals surface area contributed by atoms with Crippen LogP contribution >= 0.6 is 0 Å². The third-order valence-corrected chi connectivity index (χ3v) is 2.05. The van der Waals surface area contributed by atoms with Crippen molar-refractivity contribution in [1.29, 1.82) is 0 Å². The Morgan fingerprint density at radius 1 is 1.75 bits per heavy atom. The normalized spacial score (nSPS) is 22.1. The van der Waals surface area contributed by atoms with Crippen molar-refractivity contribution in [3.8, 4) is 0 Å². The van der Waals surface area contributed by atoms with Crippen LogP contribution in [0.2, 0.25) is 0 Å². The van der Waals surface area contributed by atoms with Gasteiger partial charge in [-0.05, 0) is 12.3 Å². The molecular formula is C8H13NO3. The van der Waals surface area contributed by atoms with Gasteiger partial charge in [-0.25, -0.2) is 0 Å². The van der Waals surface area contributed by atoms with Crippen LogP contribution in [0.25, 0.3) is 0 Å². The summed E-state index contributed by atoms with van der Waals surface area (Å²) in [5.41, 5.74) is 0. The Hall–Kier alpha value is -1.06. The van der Waals surface area contributed by atoms with Crippen LogP contribution in [0, 0.1) is 5.92 Å². The zero-order valence-electron chi connectivity index (χ0n) is 7.13. The first kappa shape index (κ1) is 9.03. The maximum Gasteiger partial charge on any atom is 0.305 e. The molecule has 0 aromatic rings. The van der Waals surface area contributed by atoms with Gasteiger partial charge in [0.1, 0.15) is 0 Å². The second-order valence-corrected chi connectivity index (χ2v) is 2.99. The Bertz CT molecular complexity index is 191. The van der Waals surface area contributed by atoms with Crippen molar-refractivity contribution in [3.05, 3.63) is 0 Å². The predicted octanol–water partition coefficient (Wildman–Crippen LogP) is 0.0757. The van der Waals surface area contributed by atoms with Crippen LogP contribution in [0.15, 0.2) is 0 Å². The van der Waals surface area contributed by atoms with Crippen LogP contribution in [0.4, 0.5) is 0 Å². The highest BCUT2D eigenvalue weighted by Crippen LogP contribution is 2.15. The lowest BCUT2D eigenvalue weighted by molar-refractivity contribution is -0.141. The first-order valence-electron chi connectivity index (χ1n) is 4.06. The van der Waals surface area contributed by atoms with Crippen molar-refractivity contribution in [2.75, 3.05) is 13.7 Å². The first-order valence-corrected chi connectivity index (χ1v) is 4.06. The molecule has 1 N–H and O–H groups in total. The van der Waals surface area contributed by atoms with E-state index < -0.39 is 0 Å². The SMILES string of the molecule is COC(=O)CCC1CNC(=O)C1. The molecule has 0 aromatic carbocycles. The van der Waals surface area contributed by atoms with Crippen LogP contribution < -0.4 is 5.32 Å². The minimum atomic E-state index is -0.200. The van der Waals surface area contributed by atoms with Crippen LogP contribution in [0.3, 0.4) is 0 Å². The number of rotatable bonds is 3. The van der Waals surface area contributed by atoms with Gasteiger partial charge in [-0.15, -0.1) is 0 Å². The molecule has 1 unspecified atom stereocenters. The number of amides is 1. The van der Waals surface area contributed by atoms with Crippen LogP contribution in [-0.4, -0.2) is 25.5 Å². The van der Waals surface area contributed by atoms with Crippen molar-refractivity contribution < 1.29 is 14.3 Å². The number of esters is 1. The largest absolute Gasteiger partial charge is 0.469 e. The fourth-order valence-corrected chi connectivity index (χ4v) is 1.29. The van der Waals surface area contributed by atoms with Gasteiger partial charge in [-0.2, -0.15) is 0 Å². The fraction of sp³-hybridized carbons (Fsp3) is 0.750. The topological polar surface area (TPSA) is 55.4 Å². The first-order chi connectivity index (χ1) is 5.72. The molecule has 12 heavy (non-hydrogen) atoms. The predicted molar refractivity (Wildman–Crippen MR) is 42.4 cm³/mol. The highest BCUT2D eigenvalue weighted by Gasteiger charge is 2.21. The number of carbonyl (C=O) groups excluding carboxylic acids is 2. The molecule has 1 rings (SSSR count). The van der Waals surface area contributed by atoms with Crippen molar-refractivity contribution in [2.45, 2.75) is 19.3 Å². The fourth-order valence-electron chi connectivity index (χ4n) is 1.29. The van der Waals surface area contributed by atoms with E-state index in [0.29, 0.717) is 25.3 Å². The summed E-state index contributed by atoms with van der Waals surface area (Å²) in [4.78, 5) is 21.5. The van der Waals surface area contributed by atoms with Crippen molar-refractivity contribution in [2.24, 2.45) is 5.92 Å². The highest BCUT2D eigenvalue weighted by molar-refractivity contribution is 5.78. The lowest BCUT2D eigenvalue weighted by Crippen LogP contribution is -2.14. The zero-order chi connectivity index (χ0) is 8.97. The maximum atomic E-state index is 10.7. The lowest BCUT2D eigenvalue weighted by atomic mass is 10.0. The molecule has 0 bridgehead atoms. The van der Waals surface area contributed by atoms with Gasteiger partial charge in [-0.3, -0.25) is 9.59 Å². The number of methoxy groups -OCH3 is 1. The number of hydrogen-bond donors (Lipinski definition) is 1. The highest BCUT2D eigenvalue weighted by atomic mass is 16.5. The Labute approximate surface area is 71.3 Å². The molecule has 0 aromatic heterocycles. The quantitative estimate of drug-likeness (QED) is 0.611. The van der Waals surface area contributed by atoms with Crippen molar-refractivity contribution in [1.82, 2.24) is 5.32 Å². The summed E-state index contributed by atoms with van der Waals surface area (Å²) in [5, 5.41) is 2.72. The molecule has 4 nitrogen and oxygen atoms in total. The van der Waals surface area contributed by atoms with Gasteiger partial charge < -0.3 is 10.1 Å². The Morgan fingerprint density at radius 2 is 2.50 bits per heavy atom. The average Bonchev–Trinajstić information content (AvgIpc) is 2.47. The monoisotopic (exact) mass is 171 g/mol. The third kappa shape index (κ3) is 2.53. The van der Waals surface area contributed by atoms with Gasteiger partial charge in [0.2, 0.25) is 5.91 Å². The Balaban J connectivity index is 2.16. The van der Waals surface area contributed by atoms with Crippen LogP contribution in [-0.2, 0) is 14.3 Å². The van der Waals surface area contributed by atoms with E-state index in [1.165, 1.54) is 7.11 Å². The molecule has 0 radical (unpaired) electrons. The molecule has 1 heterocycles. The minimum Gasteiger partial charge on any atom is -0.469 e. The molecule has 1 aliphatic rings. The van der Waals surface area contributed by atoms with Gasteiger partial charge >= 0.3 is 5.97 Å². The van der Waals surface area contributed by atoms with Gasteiger partial charge in [0, 0.05) is 19.4 Å². The van der Waals surface area contributed by atoms with E-state index in [1.54, 1.807) is 0 Å². The number of carbonyl (C=O) groups is 2. The zero-order valence-corrected chi connectivity index (χ0v) is 7.13. The molecule has 1 amide bonds. The van der Waals surface area contributed by atoms with Gasteiger partial charge in [-0.1, -0.05) is 0 Å². The molecule has 68 valence electrons. The molecule has 1 fully saturated rings. The smallest absolute Gasteiger partial charge is 0.305 e. The van der Waals surface area contributed by atoms with E-state index >= 15 is 0 Å². The Kier molecular flexibility index (Phi) is 3.08. The Morgan fingerprint density at radius 3 is 3.00 bits per heavy atom. The molecular weight excluding hydrogens is 158 g/mol. The molecule has 0 saturated carbocycles. The standard InChI is InChI=1S/C8H13NO3/c1-12-8(11)3-2-6-4-7(10)9-5-6/h6H,2-5H2,1H3,(H,9,10). The van der Waals surface area contributed by atoms with Crippen molar-refractivity contribution >= 4 is 11.9 Å². The molecule has 0 aliphatic carbocycles. The number of nitrogens with one attached hydrogen (secondary N) is 1. The lowest BCUT2D eigenvalue weighted by Gasteiger charge is -2.04. The molecule has 1 saturated heterocycles. The third-order valence-electron chi connectivity index (χ3n) is 2.05. The molecule has 1 aliphatic heterocycles. The van der Waals surface area contributed by atoms with E-state index in [1.807, 2.05) is 0 Å². The summed E-state index contributed by atoms with van der Waals surface area (Å²) in [6, 6.07) is 0. The van der Waals surface area contributed by atoms with Gasteiger partial charge in [0.05, 0.1) is 7.11 Å². The minimum absolute atomic E-state index is 0.0878. The second kappa shape index (κ2) is 4.09.